The van der Waals surface area contributed by atoms with Crippen molar-refractivity contribution < 1.29 is 13.9 Å². The SMILES string of the molecule is COc1ccc(CC(CCC2CCCCO2)NN)cc1F. The number of benzene rings is 1. The van der Waals surface area contributed by atoms with Crippen molar-refractivity contribution in [2.75, 3.05) is 13.7 Å². The number of hydrogen-bond donors (Lipinski definition) is 2. The predicted molar refractivity (Wildman–Crippen MR) is 80.6 cm³/mol. The molecule has 2 unspecified atom stereocenters. The van der Waals surface area contributed by atoms with Gasteiger partial charge in [-0.2, -0.15) is 0 Å². The summed E-state index contributed by atoms with van der Waals surface area (Å²) in [5.74, 6) is 5.56. The molecule has 1 aromatic carbocycles. The fourth-order valence-corrected chi connectivity index (χ4v) is 2.79. The third-order valence-electron chi connectivity index (χ3n) is 4.05. The fraction of sp³-hybridized carbons (Fsp3) is 0.625. The van der Waals surface area contributed by atoms with Crippen LogP contribution in [0.4, 0.5) is 4.39 Å². The van der Waals surface area contributed by atoms with Crippen LogP contribution in [-0.4, -0.2) is 25.9 Å². The number of ether oxygens (including phenoxy) is 2. The summed E-state index contributed by atoms with van der Waals surface area (Å²) < 4.78 is 24.3. The molecule has 1 saturated heterocycles. The molecule has 118 valence electrons. The molecule has 21 heavy (non-hydrogen) atoms. The summed E-state index contributed by atoms with van der Waals surface area (Å²) in [5.41, 5.74) is 3.75. The average molecular weight is 296 g/mol. The van der Waals surface area contributed by atoms with Crippen LogP contribution in [0.25, 0.3) is 0 Å². The van der Waals surface area contributed by atoms with E-state index in [9.17, 15) is 4.39 Å². The van der Waals surface area contributed by atoms with Crippen LogP contribution >= 0.6 is 0 Å². The average Bonchev–Trinajstić information content (AvgIpc) is 2.52. The fourth-order valence-electron chi connectivity index (χ4n) is 2.79. The van der Waals surface area contributed by atoms with Gasteiger partial charge in [-0.25, -0.2) is 4.39 Å². The van der Waals surface area contributed by atoms with Gasteiger partial charge in [-0.05, 0) is 56.2 Å². The molecule has 0 aliphatic carbocycles. The first-order valence-electron chi connectivity index (χ1n) is 7.63. The molecule has 0 bridgehead atoms. The lowest BCUT2D eigenvalue weighted by molar-refractivity contribution is 0.00858. The van der Waals surface area contributed by atoms with Crippen molar-refractivity contribution in [3.05, 3.63) is 29.6 Å². The van der Waals surface area contributed by atoms with Crippen LogP contribution in [0.15, 0.2) is 18.2 Å². The van der Waals surface area contributed by atoms with Gasteiger partial charge in [-0.15, -0.1) is 0 Å². The zero-order valence-electron chi connectivity index (χ0n) is 12.6. The lowest BCUT2D eigenvalue weighted by Crippen LogP contribution is -2.37. The maximum atomic E-state index is 13.7. The molecule has 1 fully saturated rings. The predicted octanol–water partition coefficient (Wildman–Crippen LogP) is 2.56. The van der Waals surface area contributed by atoms with Crippen LogP contribution in [0.1, 0.15) is 37.7 Å². The summed E-state index contributed by atoms with van der Waals surface area (Å²) >= 11 is 0. The second-order valence-corrected chi connectivity index (χ2v) is 5.60. The van der Waals surface area contributed by atoms with Gasteiger partial charge < -0.3 is 9.47 Å². The van der Waals surface area contributed by atoms with Gasteiger partial charge in [0, 0.05) is 12.6 Å². The van der Waals surface area contributed by atoms with E-state index in [1.54, 1.807) is 6.07 Å². The minimum absolute atomic E-state index is 0.128. The van der Waals surface area contributed by atoms with E-state index in [0.29, 0.717) is 12.5 Å². The quantitative estimate of drug-likeness (QED) is 0.600. The molecule has 4 nitrogen and oxygen atoms in total. The van der Waals surface area contributed by atoms with E-state index < -0.39 is 0 Å². The molecule has 0 aromatic heterocycles. The molecule has 1 aliphatic rings. The summed E-state index contributed by atoms with van der Waals surface area (Å²) in [6, 6.07) is 5.18. The Bertz CT molecular complexity index is 436. The molecular weight excluding hydrogens is 271 g/mol. The van der Waals surface area contributed by atoms with Crippen LogP contribution in [0.2, 0.25) is 0 Å². The van der Waals surface area contributed by atoms with E-state index >= 15 is 0 Å². The number of halogens is 1. The van der Waals surface area contributed by atoms with Crippen LogP contribution in [0.5, 0.6) is 5.75 Å². The Morgan fingerprint density at radius 3 is 2.95 bits per heavy atom. The largest absolute Gasteiger partial charge is 0.494 e. The molecule has 0 spiro atoms. The Labute approximate surface area is 125 Å². The van der Waals surface area contributed by atoms with Crippen molar-refractivity contribution in [1.82, 2.24) is 5.43 Å². The molecule has 1 aromatic rings. The van der Waals surface area contributed by atoms with Crippen molar-refractivity contribution in [3.8, 4) is 5.75 Å². The smallest absolute Gasteiger partial charge is 0.165 e. The Morgan fingerprint density at radius 1 is 1.48 bits per heavy atom. The van der Waals surface area contributed by atoms with E-state index in [4.69, 9.17) is 15.3 Å². The molecule has 0 saturated carbocycles. The van der Waals surface area contributed by atoms with Crippen molar-refractivity contribution >= 4 is 0 Å². The maximum Gasteiger partial charge on any atom is 0.165 e. The number of nitrogens with one attached hydrogen (secondary N) is 1. The molecule has 0 radical (unpaired) electrons. The highest BCUT2D eigenvalue weighted by atomic mass is 19.1. The maximum absolute atomic E-state index is 13.7. The second kappa shape index (κ2) is 8.32. The van der Waals surface area contributed by atoms with Gasteiger partial charge in [0.15, 0.2) is 11.6 Å². The molecule has 5 heteroatoms. The highest BCUT2D eigenvalue weighted by Crippen LogP contribution is 2.21. The molecule has 1 aliphatic heterocycles. The number of hydrazine groups is 1. The van der Waals surface area contributed by atoms with E-state index in [0.717, 1.165) is 31.4 Å². The van der Waals surface area contributed by atoms with Crippen LogP contribution < -0.4 is 16.0 Å². The second-order valence-electron chi connectivity index (χ2n) is 5.60. The van der Waals surface area contributed by atoms with Gasteiger partial charge in [0.25, 0.3) is 0 Å². The highest BCUT2D eigenvalue weighted by molar-refractivity contribution is 5.29. The van der Waals surface area contributed by atoms with Gasteiger partial charge in [0.05, 0.1) is 13.2 Å². The third kappa shape index (κ3) is 4.95. The van der Waals surface area contributed by atoms with Crippen molar-refractivity contribution in [1.29, 1.82) is 0 Å². The van der Waals surface area contributed by atoms with Gasteiger partial charge in [-0.1, -0.05) is 6.07 Å². The number of nitrogens with two attached hydrogens (primary N) is 1. The van der Waals surface area contributed by atoms with Crippen molar-refractivity contribution in [2.24, 2.45) is 5.84 Å². The van der Waals surface area contributed by atoms with E-state index in [-0.39, 0.29) is 17.6 Å². The van der Waals surface area contributed by atoms with E-state index in [1.165, 1.54) is 26.0 Å². The minimum atomic E-state index is -0.332. The lowest BCUT2D eigenvalue weighted by atomic mass is 9.97. The summed E-state index contributed by atoms with van der Waals surface area (Å²) in [5, 5.41) is 0. The standard InChI is InChI=1S/C16H25FN2O2/c1-20-16-8-5-12(11-15(16)17)10-13(19-18)6-7-14-4-2-3-9-21-14/h5,8,11,13-14,19H,2-4,6-7,9-10,18H2,1H3. The van der Waals surface area contributed by atoms with Crippen molar-refractivity contribution in [3.63, 3.8) is 0 Å². The summed E-state index contributed by atoms with van der Waals surface area (Å²) in [4.78, 5) is 0. The van der Waals surface area contributed by atoms with E-state index in [1.807, 2.05) is 6.07 Å². The first-order valence-corrected chi connectivity index (χ1v) is 7.63. The molecule has 0 amide bonds. The topological polar surface area (TPSA) is 56.5 Å². The normalized spacial score (nSPS) is 20.2. The molecule has 2 atom stereocenters. The van der Waals surface area contributed by atoms with Crippen LogP contribution in [0, 0.1) is 5.82 Å². The first-order chi connectivity index (χ1) is 10.2. The number of hydrogen-bond acceptors (Lipinski definition) is 4. The molecule has 2 rings (SSSR count). The highest BCUT2D eigenvalue weighted by Gasteiger charge is 2.17. The van der Waals surface area contributed by atoms with Gasteiger partial charge >= 0.3 is 0 Å². The summed E-state index contributed by atoms with van der Waals surface area (Å²) in [6.07, 6.45) is 6.51. The zero-order chi connectivity index (χ0) is 15.1. The van der Waals surface area contributed by atoms with Gasteiger partial charge in [-0.3, -0.25) is 11.3 Å². The Morgan fingerprint density at radius 2 is 2.33 bits per heavy atom. The zero-order valence-corrected chi connectivity index (χ0v) is 12.6. The summed E-state index contributed by atoms with van der Waals surface area (Å²) in [6.45, 7) is 0.870. The number of rotatable bonds is 7. The third-order valence-corrected chi connectivity index (χ3v) is 4.05. The van der Waals surface area contributed by atoms with Gasteiger partial charge in [0.1, 0.15) is 0 Å². The first kappa shape index (κ1) is 16.2. The monoisotopic (exact) mass is 296 g/mol. The van der Waals surface area contributed by atoms with E-state index in [2.05, 4.69) is 5.43 Å². The lowest BCUT2D eigenvalue weighted by Gasteiger charge is -2.24. The summed E-state index contributed by atoms with van der Waals surface area (Å²) in [7, 11) is 1.46. The van der Waals surface area contributed by atoms with Gasteiger partial charge in [0.2, 0.25) is 0 Å². The molecule has 3 N–H and O–H groups in total. The Kier molecular flexibility index (Phi) is 6.42. The van der Waals surface area contributed by atoms with Crippen LogP contribution in [-0.2, 0) is 11.2 Å². The Balaban J connectivity index is 1.84. The molecule has 1 heterocycles. The molecular formula is C16H25FN2O2. The minimum Gasteiger partial charge on any atom is -0.494 e. The van der Waals surface area contributed by atoms with Crippen molar-refractivity contribution in [2.45, 2.75) is 50.7 Å². The number of methoxy groups -OCH3 is 1. The van der Waals surface area contributed by atoms with Crippen LogP contribution in [0.3, 0.4) is 0 Å². The Hall–Kier alpha value is -1.17.